The summed E-state index contributed by atoms with van der Waals surface area (Å²) in [6.45, 7) is 6.03. The van der Waals surface area contributed by atoms with Gasteiger partial charge in [0.05, 0.1) is 10.7 Å². The fourth-order valence-electron chi connectivity index (χ4n) is 2.08. The smallest absolute Gasteiger partial charge is 0.321 e. The summed E-state index contributed by atoms with van der Waals surface area (Å²) in [7, 11) is 0. The Morgan fingerprint density at radius 2 is 1.78 bits per heavy atom. The van der Waals surface area contributed by atoms with E-state index in [-0.39, 0.29) is 6.73 Å². The molecule has 0 aliphatic carbocycles. The lowest BCUT2D eigenvalue weighted by Crippen LogP contribution is -2.32. The van der Waals surface area contributed by atoms with Gasteiger partial charge >= 0.3 is 6.03 Å². The third kappa shape index (κ3) is 4.53. The van der Waals surface area contributed by atoms with Crippen LogP contribution in [0.1, 0.15) is 16.7 Å². The maximum atomic E-state index is 11.9. The minimum atomic E-state index is -0.405. The Labute approximate surface area is 145 Å². The van der Waals surface area contributed by atoms with Crippen LogP contribution >= 0.6 is 23.2 Å². The van der Waals surface area contributed by atoms with Crippen molar-refractivity contribution in [3.63, 3.8) is 0 Å². The predicted octanol–water partition coefficient (Wildman–Crippen LogP) is 5.08. The number of carbonyl (C=O) groups excluding carboxylic acids is 1. The molecule has 4 nitrogen and oxygen atoms in total. The molecule has 0 aromatic heterocycles. The lowest BCUT2D eigenvalue weighted by Gasteiger charge is -2.15. The summed E-state index contributed by atoms with van der Waals surface area (Å²) in [6, 6.07) is 8.48. The Morgan fingerprint density at radius 1 is 1.09 bits per heavy atom. The van der Waals surface area contributed by atoms with E-state index >= 15 is 0 Å². The number of amides is 2. The number of hydrogen-bond acceptors (Lipinski definition) is 2. The number of benzene rings is 2. The van der Waals surface area contributed by atoms with Gasteiger partial charge in [0.25, 0.3) is 0 Å². The molecule has 2 aromatic carbocycles. The first-order chi connectivity index (χ1) is 10.9. The van der Waals surface area contributed by atoms with Gasteiger partial charge in [-0.05, 0) is 55.7 Å². The van der Waals surface area contributed by atoms with Crippen molar-refractivity contribution in [3.05, 3.63) is 57.1 Å². The maximum absolute atomic E-state index is 11.9. The van der Waals surface area contributed by atoms with Crippen LogP contribution < -0.4 is 15.4 Å². The second-order valence-corrected chi connectivity index (χ2v) is 6.04. The summed E-state index contributed by atoms with van der Waals surface area (Å²) in [6.07, 6.45) is 0. The van der Waals surface area contributed by atoms with Gasteiger partial charge in [-0.2, -0.15) is 0 Å². The molecule has 122 valence electrons. The molecule has 0 heterocycles. The van der Waals surface area contributed by atoms with E-state index in [9.17, 15) is 4.79 Å². The van der Waals surface area contributed by atoms with Gasteiger partial charge < -0.3 is 15.4 Å². The van der Waals surface area contributed by atoms with Crippen LogP contribution in [0.4, 0.5) is 10.5 Å². The number of nitrogens with one attached hydrogen (secondary N) is 2. The highest BCUT2D eigenvalue weighted by molar-refractivity contribution is 6.36. The van der Waals surface area contributed by atoms with Crippen LogP contribution in [0.2, 0.25) is 10.0 Å². The van der Waals surface area contributed by atoms with Crippen molar-refractivity contribution in [1.29, 1.82) is 0 Å². The van der Waals surface area contributed by atoms with Gasteiger partial charge in [-0.1, -0.05) is 35.3 Å². The van der Waals surface area contributed by atoms with Gasteiger partial charge in [0.15, 0.2) is 6.73 Å². The van der Waals surface area contributed by atoms with Gasteiger partial charge in [0.1, 0.15) is 5.75 Å². The molecule has 6 heteroatoms. The molecular weight excluding hydrogens is 335 g/mol. The molecular formula is C17H18Cl2N2O2. The Bertz CT molecular complexity index is 733. The van der Waals surface area contributed by atoms with Crippen molar-refractivity contribution in [3.8, 4) is 5.75 Å². The molecule has 2 aromatic rings. The lowest BCUT2D eigenvalue weighted by atomic mass is 10.1. The Balaban J connectivity index is 1.92. The van der Waals surface area contributed by atoms with Crippen LogP contribution in [-0.4, -0.2) is 12.8 Å². The van der Waals surface area contributed by atoms with Crippen molar-refractivity contribution in [2.45, 2.75) is 20.8 Å². The molecule has 0 aliphatic heterocycles. The fraction of sp³-hybridized carbons (Fsp3) is 0.235. The summed E-state index contributed by atoms with van der Waals surface area (Å²) in [5.74, 6) is 0.787. The Kier molecular flexibility index (Phi) is 5.74. The summed E-state index contributed by atoms with van der Waals surface area (Å²) in [5.41, 5.74) is 3.71. The van der Waals surface area contributed by atoms with Gasteiger partial charge in [-0.25, -0.2) is 4.79 Å². The zero-order valence-corrected chi connectivity index (χ0v) is 14.7. The summed E-state index contributed by atoms with van der Waals surface area (Å²) >= 11 is 11.8. The van der Waals surface area contributed by atoms with Crippen LogP contribution in [0.5, 0.6) is 5.75 Å². The molecule has 2 rings (SSSR count). The quantitative estimate of drug-likeness (QED) is 0.754. The number of ether oxygens (including phenoxy) is 1. The highest BCUT2D eigenvalue weighted by Crippen LogP contribution is 2.26. The van der Waals surface area contributed by atoms with Crippen molar-refractivity contribution >= 4 is 34.9 Å². The second kappa shape index (κ2) is 7.57. The highest BCUT2D eigenvalue weighted by Gasteiger charge is 2.08. The molecule has 0 saturated heterocycles. The van der Waals surface area contributed by atoms with Crippen LogP contribution in [0, 0.1) is 20.8 Å². The molecule has 0 radical (unpaired) electrons. The Morgan fingerprint density at radius 3 is 2.48 bits per heavy atom. The van der Waals surface area contributed by atoms with Crippen LogP contribution in [0.15, 0.2) is 30.3 Å². The molecule has 23 heavy (non-hydrogen) atoms. The zero-order chi connectivity index (χ0) is 17.0. The van der Waals surface area contributed by atoms with Gasteiger partial charge in [-0.3, -0.25) is 0 Å². The first-order valence-corrected chi connectivity index (χ1v) is 7.83. The summed E-state index contributed by atoms with van der Waals surface area (Å²) in [5, 5.41) is 6.16. The third-order valence-corrected chi connectivity index (χ3v) is 4.05. The SMILES string of the molecule is Cc1ccc(C)c(OCNC(=O)Nc2ccc(Cl)cc2Cl)c1C. The average Bonchev–Trinajstić information content (AvgIpc) is 2.49. The molecule has 0 aliphatic rings. The average molecular weight is 353 g/mol. The standard InChI is InChI=1S/C17H18Cl2N2O2/c1-10-4-5-11(2)16(12(10)3)23-9-20-17(22)21-15-7-6-13(18)8-14(15)19/h4-8H,9H2,1-3H3,(H2,20,21,22). The van der Waals surface area contributed by atoms with E-state index in [1.807, 2.05) is 32.9 Å². The van der Waals surface area contributed by atoms with Crippen molar-refractivity contribution in [2.24, 2.45) is 0 Å². The minimum Gasteiger partial charge on any atom is -0.473 e. The van der Waals surface area contributed by atoms with E-state index in [1.54, 1.807) is 18.2 Å². The van der Waals surface area contributed by atoms with E-state index < -0.39 is 6.03 Å². The topological polar surface area (TPSA) is 50.4 Å². The number of rotatable bonds is 4. The first-order valence-electron chi connectivity index (χ1n) is 7.08. The van der Waals surface area contributed by atoms with Crippen molar-refractivity contribution in [2.75, 3.05) is 12.0 Å². The highest BCUT2D eigenvalue weighted by atomic mass is 35.5. The number of halogens is 2. The van der Waals surface area contributed by atoms with Crippen LogP contribution in [0.3, 0.4) is 0 Å². The van der Waals surface area contributed by atoms with E-state index in [2.05, 4.69) is 10.6 Å². The van der Waals surface area contributed by atoms with Gasteiger partial charge in [0.2, 0.25) is 0 Å². The number of anilines is 1. The number of aryl methyl sites for hydroxylation is 2. The molecule has 0 fully saturated rings. The first kappa shape index (κ1) is 17.4. The fourth-order valence-corrected chi connectivity index (χ4v) is 2.53. The van der Waals surface area contributed by atoms with Gasteiger partial charge in [-0.15, -0.1) is 0 Å². The normalized spacial score (nSPS) is 10.3. The van der Waals surface area contributed by atoms with Crippen LogP contribution in [-0.2, 0) is 0 Å². The Hall–Kier alpha value is -1.91. The van der Waals surface area contributed by atoms with Crippen LogP contribution in [0.25, 0.3) is 0 Å². The molecule has 0 saturated carbocycles. The predicted molar refractivity (Wildman–Crippen MR) is 94.8 cm³/mol. The molecule has 0 atom stereocenters. The zero-order valence-electron chi connectivity index (χ0n) is 13.2. The lowest BCUT2D eigenvalue weighted by molar-refractivity contribution is 0.234. The van der Waals surface area contributed by atoms with E-state index in [0.29, 0.717) is 15.7 Å². The molecule has 2 N–H and O–H groups in total. The third-order valence-electron chi connectivity index (χ3n) is 3.50. The van der Waals surface area contributed by atoms with Crippen molar-refractivity contribution in [1.82, 2.24) is 5.32 Å². The second-order valence-electron chi connectivity index (χ2n) is 5.20. The van der Waals surface area contributed by atoms with E-state index in [0.717, 1.165) is 22.4 Å². The molecule has 2 amide bonds. The maximum Gasteiger partial charge on any atom is 0.321 e. The summed E-state index contributed by atoms with van der Waals surface area (Å²) in [4.78, 5) is 11.9. The number of carbonyl (C=O) groups is 1. The van der Waals surface area contributed by atoms with E-state index in [4.69, 9.17) is 27.9 Å². The monoisotopic (exact) mass is 352 g/mol. The molecule has 0 unspecified atom stereocenters. The molecule has 0 bridgehead atoms. The van der Waals surface area contributed by atoms with Gasteiger partial charge in [0, 0.05) is 5.02 Å². The number of hydrogen-bond donors (Lipinski definition) is 2. The van der Waals surface area contributed by atoms with Crippen molar-refractivity contribution < 1.29 is 9.53 Å². The summed E-state index contributed by atoms with van der Waals surface area (Å²) < 4.78 is 5.68. The molecule has 0 spiro atoms. The minimum absolute atomic E-state index is 0.0577. The van der Waals surface area contributed by atoms with E-state index in [1.165, 1.54) is 0 Å². The largest absolute Gasteiger partial charge is 0.473 e. The number of urea groups is 1.